The average molecular weight is 475 g/mol. The quantitative estimate of drug-likeness (QED) is 0.528. The fraction of sp³-hybridized carbons (Fsp3) is 0.200. The summed E-state index contributed by atoms with van der Waals surface area (Å²) in [6, 6.07) is 9.89. The molecular weight excluding hydrogens is 456 g/mol. The summed E-state index contributed by atoms with van der Waals surface area (Å²) in [5, 5.41) is 0.406. The lowest BCUT2D eigenvalue weighted by Crippen LogP contribution is -2.44. The van der Waals surface area contributed by atoms with Crippen molar-refractivity contribution in [1.82, 2.24) is 20.4 Å². The van der Waals surface area contributed by atoms with Crippen molar-refractivity contribution in [3.8, 4) is 11.5 Å². The lowest BCUT2D eigenvalue weighted by Gasteiger charge is -2.14. The van der Waals surface area contributed by atoms with Gasteiger partial charge in [-0.05, 0) is 47.1 Å². The molecule has 3 rings (SSSR count). The summed E-state index contributed by atoms with van der Waals surface area (Å²) in [4.78, 5) is 41.2. The van der Waals surface area contributed by atoms with Crippen LogP contribution in [0.25, 0.3) is 10.9 Å². The Hall–Kier alpha value is -3.40. The number of hydrogen-bond donors (Lipinski definition) is 2. The smallest absolute Gasteiger partial charge is 0.269 e. The zero-order valence-corrected chi connectivity index (χ0v) is 17.9. The Bertz CT molecular complexity index is 1160. The second-order valence-corrected chi connectivity index (χ2v) is 6.97. The van der Waals surface area contributed by atoms with Gasteiger partial charge in [0, 0.05) is 5.56 Å². The van der Waals surface area contributed by atoms with E-state index in [2.05, 4.69) is 31.8 Å². The summed E-state index contributed by atoms with van der Waals surface area (Å²) in [6.45, 7) is 1.96. The molecule has 0 saturated heterocycles. The lowest BCUT2D eigenvalue weighted by atomic mass is 10.2. The Morgan fingerprint density at radius 2 is 1.97 bits per heavy atom. The molecule has 0 bridgehead atoms. The van der Waals surface area contributed by atoms with E-state index in [1.165, 1.54) is 24.1 Å². The average Bonchev–Trinajstić information content (AvgIpc) is 2.75. The van der Waals surface area contributed by atoms with Crippen LogP contribution < -0.4 is 25.9 Å². The first-order valence-corrected chi connectivity index (χ1v) is 9.77. The third-order valence-electron chi connectivity index (χ3n) is 4.14. The van der Waals surface area contributed by atoms with Gasteiger partial charge in [0.05, 0.1) is 35.4 Å². The van der Waals surface area contributed by atoms with Crippen LogP contribution in [0.5, 0.6) is 11.5 Å². The number of amides is 2. The molecule has 156 valence electrons. The summed E-state index contributed by atoms with van der Waals surface area (Å²) >= 11 is 3.34. The summed E-state index contributed by atoms with van der Waals surface area (Å²) in [5.74, 6) is -0.297. The van der Waals surface area contributed by atoms with Gasteiger partial charge in [0.25, 0.3) is 17.4 Å². The maximum absolute atomic E-state index is 12.4. The third kappa shape index (κ3) is 4.60. The van der Waals surface area contributed by atoms with E-state index in [9.17, 15) is 14.4 Å². The van der Waals surface area contributed by atoms with E-state index in [0.717, 1.165) is 0 Å². The second-order valence-electron chi connectivity index (χ2n) is 6.12. The van der Waals surface area contributed by atoms with Crippen LogP contribution in [-0.2, 0) is 11.3 Å². The van der Waals surface area contributed by atoms with Crippen molar-refractivity contribution in [2.75, 3.05) is 13.7 Å². The maximum atomic E-state index is 12.4. The Kier molecular flexibility index (Phi) is 6.68. The van der Waals surface area contributed by atoms with E-state index in [0.29, 0.717) is 33.5 Å². The molecule has 1 aromatic heterocycles. The SMILES string of the molecule is CCOc1c(Br)cc(C(=O)NNC(=O)Cn2cnc3ccccc3c2=O)cc1OC. The van der Waals surface area contributed by atoms with Crippen molar-refractivity contribution in [2.24, 2.45) is 0 Å². The van der Waals surface area contributed by atoms with Gasteiger partial charge in [0.15, 0.2) is 11.5 Å². The van der Waals surface area contributed by atoms with Crippen molar-refractivity contribution >= 4 is 38.6 Å². The zero-order chi connectivity index (χ0) is 21.7. The van der Waals surface area contributed by atoms with Gasteiger partial charge in [-0.3, -0.25) is 29.8 Å². The van der Waals surface area contributed by atoms with Crippen molar-refractivity contribution in [3.63, 3.8) is 0 Å². The highest BCUT2D eigenvalue weighted by Gasteiger charge is 2.16. The molecule has 0 saturated carbocycles. The first-order valence-electron chi connectivity index (χ1n) is 8.98. The molecule has 2 amide bonds. The molecule has 0 radical (unpaired) electrons. The van der Waals surface area contributed by atoms with E-state index in [1.807, 2.05) is 6.92 Å². The standard InChI is InChI=1S/C20H19BrN4O5/c1-3-30-18-14(21)8-12(9-16(18)29-2)19(27)24-23-17(26)10-25-11-22-15-7-5-4-6-13(15)20(25)28/h4-9,11H,3,10H2,1-2H3,(H,23,26)(H,24,27). The third-order valence-corrected chi connectivity index (χ3v) is 4.73. The molecule has 30 heavy (non-hydrogen) atoms. The van der Waals surface area contributed by atoms with Crippen LogP contribution in [0.4, 0.5) is 0 Å². The van der Waals surface area contributed by atoms with Crippen molar-refractivity contribution in [3.05, 3.63) is 63.1 Å². The minimum atomic E-state index is -0.584. The number of hydrazine groups is 1. The molecular formula is C20H19BrN4O5. The number of nitrogens with zero attached hydrogens (tertiary/aromatic N) is 2. The van der Waals surface area contributed by atoms with Crippen molar-refractivity contribution < 1.29 is 19.1 Å². The van der Waals surface area contributed by atoms with E-state index >= 15 is 0 Å². The van der Waals surface area contributed by atoms with E-state index in [1.54, 1.807) is 30.3 Å². The minimum absolute atomic E-state index is 0.243. The predicted molar refractivity (Wildman–Crippen MR) is 113 cm³/mol. The van der Waals surface area contributed by atoms with Gasteiger partial charge in [0.2, 0.25) is 0 Å². The number of halogens is 1. The van der Waals surface area contributed by atoms with Gasteiger partial charge < -0.3 is 9.47 Å². The van der Waals surface area contributed by atoms with Gasteiger partial charge in [-0.15, -0.1) is 0 Å². The highest BCUT2D eigenvalue weighted by molar-refractivity contribution is 9.10. The van der Waals surface area contributed by atoms with Crippen LogP contribution in [-0.4, -0.2) is 35.1 Å². The van der Waals surface area contributed by atoms with Crippen LogP contribution in [0.3, 0.4) is 0 Å². The number of hydrogen-bond acceptors (Lipinski definition) is 6. The Balaban J connectivity index is 1.68. The van der Waals surface area contributed by atoms with Crippen LogP contribution in [0.1, 0.15) is 17.3 Å². The van der Waals surface area contributed by atoms with Gasteiger partial charge >= 0.3 is 0 Å². The van der Waals surface area contributed by atoms with Crippen LogP contribution in [0, 0.1) is 0 Å². The lowest BCUT2D eigenvalue weighted by molar-refractivity contribution is -0.122. The number of benzene rings is 2. The molecule has 0 aliphatic heterocycles. The van der Waals surface area contributed by atoms with Crippen LogP contribution in [0.2, 0.25) is 0 Å². The number of aromatic nitrogens is 2. The number of rotatable bonds is 6. The summed E-state index contributed by atoms with van der Waals surface area (Å²) in [7, 11) is 1.46. The van der Waals surface area contributed by atoms with Crippen LogP contribution in [0.15, 0.2) is 52.0 Å². The largest absolute Gasteiger partial charge is 0.493 e. The van der Waals surface area contributed by atoms with Crippen LogP contribution >= 0.6 is 15.9 Å². The summed E-state index contributed by atoms with van der Waals surface area (Å²) in [5.41, 5.74) is 5.04. The molecule has 0 fully saturated rings. The topological polar surface area (TPSA) is 112 Å². The first-order chi connectivity index (χ1) is 14.4. The zero-order valence-electron chi connectivity index (χ0n) is 16.3. The highest BCUT2D eigenvalue weighted by atomic mass is 79.9. The molecule has 0 unspecified atom stereocenters. The second kappa shape index (κ2) is 9.40. The molecule has 0 aliphatic rings. The molecule has 3 aromatic rings. The molecule has 2 N–H and O–H groups in total. The monoisotopic (exact) mass is 474 g/mol. The van der Waals surface area contributed by atoms with Gasteiger partial charge in [-0.1, -0.05) is 12.1 Å². The number of fused-ring (bicyclic) bond motifs is 1. The number of carbonyl (C=O) groups excluding carboxylic acids is 2. The molecule has 2 aromatic carbocycles. The Morgan fingerprint density at radius 3 is 2.70 bits per heavy atom. The Morgan fingerprint density at radius 1 is 1.20 bits per heavy atom. The number of ether oxygens (including phenoxy) is 2. The fourth-order valence-corrected chi connectivity index (χ4v) is 3.30. The van der Waals surface area contributed by atoms with Crippen molar-refractivity contribution in [1.29, 1.82) is 0 Å². The number of carbonyl (C=O) groups is 2. The summed E-state index contributed by atoms with van der Waals surface area (Å²) in [6.07, 6.45) is 1.29. The first kappa shape index (κ1) is 21.3. The van der Waals surface area contributed by atoms with E-state index < -0.39 is 11.8 Å². The van der Waals surface area contributed by atoms with E-state index in [-0.39, 0.29) is 17.7 Å². The number of para-hydroxylation sites is 1. The number of nitrogens with one attached hydrogen (secondary N) is 2. The molecule has 0 atom stereocenters. The molecule has 0 spiro atoms. The van der Waals surface area contributed by atoms with Gasteiger partial charge in [-0.2, -0.15) is 0 Å². The van der Waals surface area contributed by atoms with Crippen molar-refractivity contribution in [2.45, 2.75) is 13.5 Å². The molecule has 9 nitrogen and oxygen atoms in total. The highest BCUT2D eigenvalue weighted by Crippen LogP contribution is 2.36. The summed E-state index contributed by atoms with van der Waals surface area (Å²) < 4.78 is 12.4. The minimum Gasteiger partial charge on any atom is -0.493 e. The van der Waals surface area contributed by atoms with Gasteiger partial charge in [-0.25, -0.2) is 4.98 Å². The maximum Gasteiger partial charge on any atom is 0.269 e. The molecule has 0 aliphatic carbocycles. The molecule has 1 heterocycles. The normalized spacial score (nSPS) is 10.5. The molecule has 10 heteroatoms. The fourth-order valence-electron chi connectivity index (χ4n) is 2.75. The predicted octanol–water partition coefficient (Wildman–Crippen LogP) is 2.03. The Labute approximate surface area is 180 Å². The number of methoxy groups -OCH3 is 1. The van der Waals surface area contributed by atoms with E-state index in [4.69, 9.17) is 9.47 Å². The van der Waals surface area contributed by atoms with Gasteiger partial charge in [0.1, 0.15) is 6.54 Å².